The number of carboxylic acid groups (broad SMARTS) is 1. The van der Waals surface area contributed by atoms with Gasteiger partial charge in [0.2, 0.25) is 5.76 Å². The van der Waals surface area contributed by atoms with Crippen molar-refractivity contribution in [2.24, 2.45) is 5.92 Å². The molecule has 0 radical (unpaired) electrons. The molecule has 6 heteroatoms. The molecule has 2 atom stereocenters. The molecule has 1 saturated carbocycles. The number of amides is 1. The van der Waals surface area contributed by atoms with Crippen molar-refractivity contribution in [1.82, 2.24) is 9.88 Å². The van der Waals surface area contributed by atoms with E-state index < -0.39 is 11.9 Å². The second-order valence-corrected chi connectivity index (χ2v) is 6.91. The van der Waals surface area contributed by atoms with E-state index in [0.717, 1.165) is 18.4 Å². The zero-order chi connectivity index (χ0) is 17.6. The van der Waals surface area contributed by atoms with Gasteiger partial charge in [0.25, 0.3) is 5.91 Å². The molecule has 1 aromatic carbocycles. The van der Waals surface area contributed by atoms with E-state index >= 15 is 0 Å². The summed E-state index contributed by atoms with van der Waals surface area (Å²) in [6.07, 6.45) is 2.10. The number of rotatable bonds is 4. The van der Waals surface area contributed by atoms with Gasteiger partial charge in [-0.3, -0.25) is 9.59 Å². The van der Waals surface area contributed by atoms with Crippen molar-refractivity contribution < 1.29 is 19.1 Å². The Hall–Kier alpha value is -2.63. The molecule has 2 fully saturated rings. The number of aromatic nitrogens is 1. The molecule has 2 aliphatic rings. The lowest BCUT2D eigenvalue weighted by atomic mass is 9.89. The highest BCUT2D eigenvalue weighted by molar-refractivity contribution is 5.93. The number of carbonyl (C=O) groups excluding carboxylic acids is 1. The highest BCUT2D eigenvalue weighted by Gasteiger charge is 2.42. The normalized spacial score (nSPS) is 23.0. The summed E-state index contributed by atoms with van der Waals surface area (Å²) >= 11 is 0. The number of oxazole rings is 1. The molecule has 2 heterocycles. The van der Waals surface area contributed by atoms with Gasteiger partial charge in [0.15, 0.2) is 5.89 Å². The summed E-state index contributed by atoms with van der Waals surface area (Å²) in [7, 11) is 0. The molecule has 130 valence electrons. The first-order valence-electron chi connectivity index (χ1n) is 8.59. The molecule has 1 amide bonds. The molecule has 0 bridgehead atoms. The van der Waals surface area contributed by atoms with Gasteiger partial charge < -0.3 is 14.4 Å². The molecular weight excluding hydrogens is 320 g/mol. The number of aryl methyl sites for hydroxylation is 1. The van der Waals surface area contributed by atoms with Crippen molar-refractivity contribution in [3.05, 3.63) is 53.2 Å². The van der Waals surface area contributed by atoms with Crippen molar-refractivity contribution in [1.29, 1.82) is 0 Å². The first kappa shape index (κ1) is 15.9. The van der Waals surface area contributed by atoms with E-state index in [4.69, 9.17) is 4.42 Å². The second kappa shape index (κ2) is 6.02. The van der Waals surface area contributed by atoms with Crippen LogP contribution >= 0.6 is 0 Å². The van der Waals surface area contributed by atoms with Crippen LogP contribution in [0.2, 0.25) is 0 Å². The molecule has 25 heavy (non-hydrogen) atoms. The summed E-state index contributed by atoms with van der Waals surface area (Å²) in [6, 6.07) is 9.51. The molecule has 4 rings (SSSR count). The Morgan fingerprint density at radius 1 is 1.20 bits per heavy atom. The molecular formula is C19H20N2O4. The van der Waals surface area contributed by atoms with Gasteiger partial charge in [-0.15, -0.1) is 0 Å². The molecule has 1 saturated heterocycles. The van der Waals surface area contributed by atoms with Gasteiger partial charge >= 0.3 is 5.97 Å². The third-order valence-corrected chi connectivity index (χ3v) is 5.09. The number of nitrogens with zero attached hydrogens (tertiary/aromatic N) is 2. The van der Waals surface area contributed by atoms with Crippen molar-refractivity contribution >= 4 is 11.9 Å². The summed E-state index contributed by atoms with van der Waals surface area (Å²) in [4.78, 5) is 30.5. The number of hydrogen-bond donors (Lipinski definition) is 1. The Balaban J connectivity index is 1.58. The van der Waals surface area contributed by atoms with E-state index in [9.17, 15) is 14.7 Å². The Bertz CT molecular complexity index is 810. The Morgan fingerprint density at radius 2 is 1.92 bits per heavy atom. The topological polar surface area (TPSA) is 83.6 Å². The fourth-order valence-electron chi connectivity index (χ4n) is 3.52. The van der Waals surface area contributed by atoms with Crippen molar-refractivity contribution in [2.75, 3.05) is 13.1 Å². The smallest absolute Gasteiger partial charge is 0.308 e. The first-order chi connectivity index (χ1) is 12.0. The van der Waals surface area contributed by atoms with E-state index in [1.807, 2.05) is 30.3 Å². The average molecular weight is 340 g/mol. The number of benzene rings is 1. The van der Waals surface area contributed by atoms with Gasteiger partial charge in [0.1, 0.15) is 0 Å². The van der Waals surface area contributed by atoms with Crippen LogP contribution in [0.1, 0.15) is 52.4 Å². The minimum atomic E-state index is -0.878. The maximum absolute atomic E-state index is 12.9. The Labute approximate surface area is 145 Å². The number of carbonyl (C=O) groups is 2. The van der Waals surface area contributed by atoms with Crippen LogP contribution in [-0.4, -0.2) is 40.0 Å². The van der Waals surface area contributed by atoms with Crippen LogP contribution in [0.3, 0.4) is 0 Å². The van der Waals surface area contributed by atoms with E-state index in [0.29, 0.717) is 24.0 Å². The zero-order valence-corrected chi connectivity index (χ0v) is 14.0. The molecule has 6 nitrogen and oxygen atoms in total. The summed E-state index contributed by atoms with van der Waals surface area (Å²) < 4.78 is 5.70. The molecule has 1 N–H and O–H groups in total. The standard InChI is InChI=1S/C19H20N2O4/c1-11-16(25-17(20-11)13-7-8-13)18(22)21-9-14(15(10-21)19(23)24)12-5-3-2-4-6-12/h2-6,13-15H,7-10H2,1H3,(H,23,24)/t14-,15+/m0/s1. The quantitative estimate of drug-likeness (QED) is 0.925. The maximum atomic E-state index is 12.9. The third kappa shape index (κ3) is 2.92. The van der Waals surface area contributed by atoms with Crippen LogP contribution in [0.25, 0.3) is 0 Å². The lowest BCUT2D eigenvalue weighted by Gasteiger charge is -2.15. The van der Waals surface area contributed by atoms with Gasteiger partial charge in [-0.25, -0.2) is 4.98 Å². The fraction of sp³-hybridized carbons (Fsp3) is 0.421. The predicted molar refractivity (Wildman–Crippen MR) is 89.4 cm³/mol. The van der Waals surface area contributed by atoms with E-state index in [2.05, 4.69) is 4.98 Å². The van der Waals surface area contributed by atoms with Crippen LogP contribution in [0.4, 0.5) is 0 Å². The fourth-order valence-corrected chi connectivity index (χ4v) is 3.52. The summed E-state index contributed by atoms with van der Waals surface area (Å²) in [5, 5.41) is 9.58. The first-order valence-corrected chi connectivity index (χ1v) is 8.59. The van der Waals surface area contributed by atoms with Gasteiger partial charge in [-0.2, -0.15) is 0 Å². The SMILES string of the molecule is Cc1nc(C2CC2)oc1C(=O)N1C[C@@H](C(=O)O)[C@H](c2ccccc2)C1. The Kier molecular flexibility index (Phi) is 3.82. The van der Waals surface area contributed by atoms with Gasteiger partial charge in [0, 0.05) is 24.9 Å². The van der Waals surface area contributed by atoms with E-state index in [1.54, 1.807) is 11.8 Å². The average Bonchev–Trinajstić information content (AvgIpc) is 3.24. The number of aliphatic carboxylic acids is 1. The number of hydrogen-bond acceptors (Lipinski definition) is 4. The maximum Gasteiger partial charge on any atom is 0.308 e. The second-order valence-electron chi connectivity index (χ2n) is 6.91. The van der Waals surface area contributed by atoms with Gasteiger partial charge in [-0.1, -0.05) is 30.3 Å². The van der Waals surface area contributed by atoms with Crippen LogP contribution in [-0.2, 0) is 4.79 Å². The van der Waals surface area contributed by atoms with E-state index in [-0.39, 0.29) is 24.1 Å². The lowest BCUT2D eigenvalue weighted by Crippen LogP contribution is -2.30. The van der Waals surface area contributed by atoms with Crippen LogP contribution in [0.5, 0.6) is 0 Å². The van der Waals surface area contributed by atoms with Crippen molar-refractivity contribution in [3.63, 3.8) is 0 Å². The van der Waals surface area contributed by atoms with Gasteiger partial charge in [0.05, 0.1) is 11.6 Å². The molecule has 1 aromatic heterocycles. The predicted octanol–water partition coefficient (Wildman–Crippen LogP) is 2.80. The number of likely N-dealkylation sites (tertiary alicyclic amines) is 1. The van der Waals surface area contributed by atoms with E-state index in [1.165, 1.54) is 0 Å². The molecule has 1 aliphatic heterocycles. The molecule has 1 aliphatic carbocycles. The molecule has 2 aromatic rings. The van der Waals surface area contributed by atoms with Crippen LogP contribution in [0, 0.1) is 12.8 Å². The van der Waals surface area contributed by atoms with Crippen molar-refractivity contribution in [3.8, 4) is 0 Å². The van der Waals surface area contributed by atoms with Crippen LogP contribution in [0.15, 0.2) is 34.7 Å². The van der Waals surface area contributed by atoms with Gasteiger partial charge in [-0.05, 0) is 25.3 Å². The highest BCUT2D eigenvalue weighted by Crippen LogP contribution is 2.40. The third-order valence-electron chi connectivity index (χ3n) is 5.09. The van der Waals surface area contributed by atoms with Crippen LogP contribution < -0.4 is 0 Å². The molecule has 0 spiro atoms. The number of carboxylic acids is 1. The summed E-state index contributed by atoms with van der Waals surface area (Å²) in [5.74, 6) is -0.748. The monoisotopic (exact) mass is 340 g/mol. The highest BCUT2D eigenvalue weighted by atomic mass is 16.4. The molecule has 0 unspecified atom stereocenters. The summed E-state index contributed by atoms with van der Waals surface area (Å²) in [6.45, 7) is 2.33. The zero-order valence-electron chi connectivity index (χ0n) is 14.0. The minimum Gasteiger partial charge on any atom is -0.481 e. The summed E-state index contributed by atoms with van der Waals surface area (Å²) in [5.41, 5.74) is 1.53. The minimum absolute atomic E-state index is 0.187. The Morgan fingerprint density at radius 3 is 2.56 bits per heavy atom. The largest absolute Gasteiger partial charge is 0.481 e. The lowest BCUT2D eigenvalue weighted by molar-refractivity contribution is -0.141. The van der Waals surface area contributed by atoms with Crippen molar-refractivity contribution in [2.45, 2.75) is 31.6 Å².